The monoisotopic (exact) mass is 530 g/mol. The second-order valence-electron chi connectivity index (χ2n) is 9.49. The predicted octanol–water partition coefficient (Wildman–Crippen LogP) is 7.88. The highest BCUT2D eigenvalue weighted by Gasteiger charge is 2.21. The summed E-state index contributed by atoms with van der Waals surface area (Å²) in [7, 11) is 0. The molecule has 6 aromatic rings. The summed E-state index contributed by atoms with van der Waals surface area (Å²) in [6.07, 6.45) is 0. The lowest BCUT2D eigenvalue weighted by atomic mass is 9.95. The number of hydrogen-bond donors (Lipinski definition) is 0. The zero-order chi connectivity index (χ0) is 27.1. The molecule has 2 heterocycles. The van der Waals surface area contributed by atoms with Crippen LogP contribution in [0.5, 0.6) is 0 Å². The van der Waals surface area contributed by atoms with Crippen LogP contribution in [0.4, 0.5) is 0 Å². The molecule has 0 spiro atoms. The van der Waals surface area contributed by atoms with Crippen molar-refractivity contribution < 1.29 is 14.4 Å². The van der Waals surface area contributed by atoms with E-state index < -0.39 is 5.97 Å². The summed E-state index contributed by atoms with van der Waals surface area (Å²) >= 11 is 1.45. The molecule has 0 fully saturated rings. The standard InChI is InChI=1S/C33H26N2O3S/c1-4-35-29-16-15-22(31(34-38-21(3)36)23-11-6-5-10-20(23)2)18-26(29)27-19-28(33(37)30-14-9-17-39-30)24-12-7-8-13-25(24)32(27)35/h5-19H,4H2,1-3H3/b34-31-. The van der Waals surface area contributed by atoms with E-state index in [1.165, 1.54) is 18.3 Å². The molecule has 6 heteroatoms. The number of nitrogens with zero attached hydrogens (tertiary/aromatic N) is 2. The van der Waals surface area contributed by atoms with E-state index in [4.69, 9.17) is 4.84 Å². The number of aryl methyl sites for hydroxylation is 2. The van der Waals surface area contributed by atoms with E-state index in [2.05, 4.69) is 34.8 Å². The van der Waals surface area contributed by atoms with Crippen LogP contribution >= 0.6 is 11.3 Å². The van der Waals surface area contributed by atoms with Crippen molar-refractivity contribution in [2.75, 3.05) is 0 Å². The lowest BCUT2D eigenvalue weighted by molar-refractivity contribution is -0.140. The quantitative estimate of drug-likeness (QED) is 0.0952. The summed E-state index contributed by atoms with van der Waals surface area (Å²) in [5, 5.41) is 10.2. The van der Waals surface area contributed by atoms with Crippen LogP contribution in [0.15, 0.2) is 95.5 Å². The van der Waals surface area contributed by atoms with E-state index in [9.17, 15) is 9.59 Å². The Hall–Kier alpha value is -4.55. The first kappa shape index (κ1) is 24.8. The molecule has 0 N–H and O–H groups in total. The van der Waals surface area contributed by atoms with E-state index in [1.807, 2.05) is 79.0 Å². The summed E-state index contributed by atoms with van der Waals surface area (Å²) < 4.78 is 2.30. The molecule has 2 aromatic heterocycles. The first-order valence-electron chi connectivity index (χ1n) is 12.9. The smallest absolute Gasteiger partial charge is 0.332 e. The number of hydrogen-bond acceptors (Lipinski definition) is 5. The van der Waals surface area contributed by atoms with Gasteiger partial charge in [-0.15, -0.1) is 11.3 Å². The minimum atomic E-state index is -0.479. The van der Waals surface area contributed by atoms with Crippen molar-refractivity contribution in [2.45, 2.75) is 27.3 Å². The van der Waals surface area contributed by atoms with Crippen molar-refractivity contribution in [1.29, 1.82) is 0 Å². The molecule has 4 aromatic carbocycles. The van der Waals surface area contributed by atoms with Gasteiger partial charge in [0.2, 0.25) is 5.78 Å². The van der Waals surface area contributed by atoms with Crippen molar-refractivity contribution in [1.82, 2.24) is 4.57 Å². The number of ketones is 1. The number of oxime groups is 1. The van der Waals surface area contributed by atoms with Gasteiger partial charge in [-0.25, -0.2) is 4.79 Å². The van der Waals surface area contributed by atoms with Crippen molar-refractivity contribution in [3.05, 3.63) is 117 Å². The molecule has 0 bridgehead atoms. The van der Waals surface area contributed by atoms with E-state index in [0.717, 1.165) is 60.7 Å². The topological polar surface area (TPSA) is 60.7 Å². The third-order valence-electron chi connectivity index (χ3n) is 7.11. The van der Waals surface area contributed by atoms with Crippen LogP contribution in [-0.2, 0) is 16.2 Å². The molecule has 0 amide bonds. The van der Waals surface area contributed by atoms with Gasteiger partial charge in [-0.05, 0) is 54.4 Å². The average Bonchev–Trinajstić information content (AvgIpc) is 3.60. The number of benzene rings is 4. The summed E-state index contributed by atoms with van der Waals surface area (Å²) in [6, 6.07) is 28.0. The fourth-order valence-corrected chi connectivity index (χ4v) is 6.05. The van der Waals surface area contributed by atoms with Gasteiger partial charge in [0, 0.05) is 51.8 Å². The maximum Gasteiger partial charge on any atom is 0.332 e. The summed E-state index contributed by atoms with van der Waals surface area (Å²) in [6.45, 7) is 6.25. The first-order valence-corrected chi connectivity index (χ1v) is 13.7. The van der Waals surface area contributed by atoms with Gasteiger partial charge in [0.25, 0.3) is 0 Å². The zero-order valence-corrected chi connectivity index (χ0v) is 22.7. The van der Waals surface area contributed by atoms with E-state index in [-0.39, 0.29) is 5.78 Å². The highest BCUT2D eigenvalue weighted by atomic mass is 32.1. The van der Waals surface area contributed by atoms with Crippen LogP contribution in [-0.4, -0.2) is 22.0 Å². The third-order valence-corrected chi connectivity index (χ3v) is 7.98. The Morgan fingerprint density at radius 2 is 1.62 bits per heavy atom. The number of carbonyl (C=O) groups is 2. The first-order chi connectivity index (χ1) is 19.0. The van der Waals surface area contributed by atoms with Gasteiger partial charge in [-0.3, -0.25) is 4.79 Å². The van der Waals surface area contributed by atoms with Gasteiger partial charge in [0.1, 0.15) is 5.71 Å². The highest BCUT2D eigenvalue weighted by Crippen LogP contribution is 2.38. The van der Waals surface area contributed by atoms with E-state index in [1.54, 1.807) is 0 Å². The van der Waals surface area contributed by atoms with Gasteiger partial charge >= 0.3 is 5.97 Å². The van der Waals surface area contributed by atoms with E-state index in [0.29, 0.717) is 11.3 Å². The lowest BCUT2D eigenvalue weighted by Gasteiger charge is -2.10. The lowest BCUT2D eigenvalue weighted by Crippen LogP contribution is -2.08. The number of fused-ring (bicyclic) bond motifs is 5. The summed E-state index contributed by atoms with van der Waals surface area (Å²) in [5.74, 6) is -0.457. The number of carbonyl (C=O) groups excluding carboxylic acids is 2. The summed E-state index contributed by atoms with van der Waals surface area (Å²) in [5.41, 5.74) is 6.17. The van der Waals surface area contributed by atoms with Gasteiger partial charge in [-0.1, -0.05) is 65.8 Å². The Bertz CT molecular complexity index is 1930. The molecule has 0 saturated carbocycles. The molecule has 0 aliphatic rings. The molecule has 0 aliphatic carbocycles. The van der Waals surface area contributed by atoms with Crippen LogP contribution in [0, 0.1) is 6.92 Å². The predicted molar refractivity (Wildman–Crippen MR) is 159 cm³/mol. The van der Waals surface area contributed by atoms with Gasteiger partial charge in [0.05, 0.1) is 10.4 Å². The van der Waals surface area contributed by atoms with Crippen molar-refractivity contribution >= 4 is 61.4 Å². The third kappa shape index (κ3) is 4.23. The minimum absolute atomic E-state index is 0.0219. The molecule has 0 saturated heterocycles. The molecule has 6 rings (SSSR count). The summed E-state index contributed by atoms with van der Waals surface area (Å²) in [4.78, 5) is 31.2. The van der Waals surface area contributed by atoms with Crippen LogP contribution in [0.1, 0.15) is 45.8 Å². The number of thiophene rings is 1. The molecular formula is C33H26N2O3S. The van der Waals surface area contributed by atoms with Crippen LogP contribution < -0.4 is 0 Å². The Kier molecular flexibility index (Phi) is 6.33. The molecule has 192 valence electrons. The van der Waals surface area contributed by atoms with Crippen molar-refractivity contribution in [3.8, 4) is 0 Å². The zero-order valence-electron chi connectivity index (χ0n) is 21.9. The Labute approximate surface area is 229 Å². The molecule has 0 atom stereocenters. The Balaban J connectivity index is 1.67. The fraction of sp³-hybridized carbons (Fsp3) is 0.121. The Morgan fingerprint density at radius 3 is 2.33 bits per heavy atom. The molecule has 0 unspecified atom stereocenters. The molecule has 5 nitrogen and oxygen atoms in total. The van der Waals surface area contributed by atoms with Gasteiger partial charge in [-0.2, -0.15) is 0 Å². The maximum absolute atomic E-state index is 13.7. The van der Waals surface area contributed by atoms with Crippen LogP contribution in [0.25, 0.3) is 32.6 Å². The SMILES string of the molecule is CCn1c2ccc(/C(=N/OC(C)=O)c3ccccc3C)cc2c2cc(C(=O)c3cccs3)c3ccccc3c21. The molecule has 0 aliphatic heterocycles. The second kappa shape index (κ2) is 9.97. The van der Waals surface area contributed by atoms with Crippen molar-refractivity contribution in [3.63, 3.8) is 0 Å². The van der Waals surface area contributed by atoms with Crippen LogP contribution in [0.3, 0.4) is 0 Å². The largest absolute Gasteiger partial charge is 0.340 e. The average molecular weight is 531 g/mol. The Morgan fingerprint density at radius 1 is 0.846 bits per heavy atom. The maximum atomic E-state index is 13.7. The van der Waals surface area contributed by atoms with Gasteiger partial charge in [0.15, 0.2) is 0 Å². The van der Waals surface area contributed by atoms with Crippen molar-refractivity contribution in [2.24, 2.45) is 5.16 Å². The minimum Gasteiger partial charge on any atom is -0.340 e. The second-order valence-corrected chi connectivity index (χ2v) is 10.4. The molecule has 0 radical (unpaired) electrons. The number of aromatic nitrogens is 1. The van der Waals surface area contributed by atoms with Crippen LogP contribution in [0.2, 0.25) is 0 Å². The highest BCUT2D eigenvalue weighted by molar-refractivity contribution is 7.12. The number of rotatable bonds is 6. The van der Waals surface area contributed by atoms with Gasteiger partial charge < -0.3 is 9.40 Å². The fourth-order valence-electron chi connectivity index (χ4n) is 5.37. The molecular weight excluding hydrogens is 504 g/mol. The van der Waals surface area contributed by atoms with E-state index >= 15 is 0 Å². The normalized spacial score (nSPS) is 11.9. The molecule has 39 heavy (non-hydrogen) atoms.